The average molecular weight is 416 g/mol. The number of ketones is 1. The van der Waals surface area contributed by atoms with E-state index in [0.29, 0.717) is 17.2 Å². The summed E-state index contributed by atoms with van der Waals surface area (Å²) in [5.74, 6) is 0.150. The van der Waals surface area contributed by atoms with Gasteiger partial charge >= 0.3 is 0 Å². The molecule has 4 aromatic rings. The molecule has 1 N–H and O–H groups in total. The summed E-state index contributed by atoms with van der Waals surface area (Å²) in [6.45, 7) is 3.83. The van der Waals surface area contributed by atoms with E-state index >= 15 is 0 Å². The van der Waals surface area contributed by atoms with Crippen molar-refractivity contribution < 1.29 is 14.0 Å². The van der Waals surface area contributed by atoms with Gasteiger partial charge in [-0.3, -0.25) is 9.59 Å². The zero-order valence-corrected chi connectivity index (χ0v) is 17.2. The number of nitrogens with zero attached hydrogens (tertiary/aromatic N) is 3. The van der Waals surface area contributed by atoms with Crippen molar-refractivity contribution in [3.05, 3.63) is 83.3 Å². The van der Waals surface area contributed by atoms with E-state index in [9.17, 15) is 14.0 Å². The highest BCUT2D eigenvalue weighted by Gasteiger charge is 2.15. The van der Waals surface area contributed by atoms with Gasteiger partial charge in [-0.25, -0.2) is 9.37 Å². The third-order valence-corrected chi connectivity index (χ3v) is 4.97. The Morgan fingerprint density at radius 3 is 2.52 bits per heavy atom. The second-order valence-corrected chi connectivity index (χ2v) is 7.38. The van der Waals surface area contributed by atoms with Crippen molar-refractivity contribution in [2.75, 3.05) is 5.32 Å². The molecule has 1 amide bonds. The Kier molecular flexibility index (Phi) is 5.58. The molecule has 0 radical (unpaired) electrons. The molecule has 0 aliphatic rings. The number of hydrogen-bond acceptors (Lipinski definition) is 4. The number of carbonyl (C=O) groups is 2. The van der Waals surface area contributed by atoms with Crippen LogP contribution in [0.15, 0.2) is 60.7 Å². The van der Waals surface area contributed by atoms with E-state index in [2.05, 4.69) is 15.4 Å². The second kappa shape index (κ2) is 8.47. The zero-order chi connectivity index (χ0) is 22.0. The summed E-state index contributed by atoms with van der Waals surface area (Å²) in [6, 6.07) is 16.8. The van der Waals surface area contributed by atoms with Crippen LogP contribution in [0.25, 0.3) is 16.7 Å². The standard InChI is InChI=1S/C24H21FN4O2/c1-15-13-22(26-20-6-4-3-5-19(15)20)29-23(14-16(2)28-29)27-24(31)12-11-21(30)17-7-9-18(25)10-8-17/h3-10,13-14H,11-12H2,1-2H3,(H,27,31). The van der Waals surface area contributed by atoms with Gasteiger partial charge in [0.15, 0.2) is 11.6 Å². The number of carbonyl (C=O) groups excluding carboxylic acids is 2. The monoisotopic (exact) mass is 416 g/mol. The van der Waals surface area contributed by atoms with Gasteiger partial charge in [-0.15, -0.1) is 0 Å². The molecule has 0 spiro atoms. The maximum atomic E-state index is 13.0. The Bertz CT molecular complexity index is 1280. The molecule has 7 heteroatoms. The van der Waals surface area contributed by atoms with Gasteiger partial charge in [-0.2, -0.15) is 9.78 Å². The van der Waals surface area contributed by atoms with Crippen LogP contribution >= 0.6 is 0 Å². The summed E-state index contributed by atoms with van der Waals surface area (Å²) in [5.41, 5.74) is 3.00. The number of rotatable bonds is 6. The van der Waals surface area contributed by atoms with Gasteiger partial charge in [0.25, 0.3) is 0 Å². The number of halogens is 1. The normalized spacial score (nSPS) is 10.9. The smallest absolute Gasteiger partial charge is 0.225 e. The molecular formula is C24H21FN4O2. The van der Waals surface area contributed by atoms with Crippen LogP contribution in [0, 0.1) is 19.7 Å². The quantitative estimate of drug-likeness (QED) is 0.459. The number of Topliss-reactive ketones (excluding diaryl/α,β-unsaturated/α-hetero) is 1. The summed E-state index contributed by atoms with van der Waals surface area (Å²) >= 11 is 0. The van der Waals surface area contributed by atoms with Crippen LogP contribution in [0.4, 0.5) is 10.2 Å². The third kappa shape index (κ3) is 4.50. The number of anilines is 1. The molecule has 156 valence electrons. The van der Waals surface area contributed by atoms with Gasteiger partial charge in [0, 0.05) is 29.9 Å². The first kappa shape index (κ1) is 20.4. The summed E-state index contributed by atoms with van der Waals surface area (Å²) in [4.78, 5) is 29.4. The molecule has 4 rings (SSSR count). The number of pyridine rings is 1. The first-order chi connectivity index (χ1) is 14.9. The fraction of sp³-hybridized carbons (Fsp3) is 0.167. The first-order valence-electron chi connectivity index (χ1n) is 9.93. The highest BCUT2D eigenvalue weighted by molar-refractivity contribution is 5.99. The molecule has 0 atom stereocenters. The summed E-state index contributed by atoms with van der Waals surface area (Å²) in [5, 5.41) is 8.35. The van der Waals surface area contributed by atoms with E-state index in [-0.39, 0.29) is 24.5 Å². The number of hydrogen-bond donors (Lipinski definition) is 1. The van der Waals surface area contributed by atoms with E-state index < -0.39 is 5.82 Å². The fourth-order valence-electron chi connectivity index (χ4n) is 3.42. The van der Waals surface area contributed by atoms with Gasteiger partial charge in [-0.1, -0.05) is 18.2 Å². The van der Waals surface area contributed by atoms with Gasteiger partial charge in [-0.05, 0) is 55.8 Å². The Hall–Kier alpha value is -3.87. The summed E-state index contributed by atoms with van der Waals surface area (Å²) in [6.07, 6.45) is 0.0303. The van der Waals surface area contributed by atoms with Gasteiger partial charge in [0.05, 0.1) is 11.2 Å². The first-order valence-corrected chi connectivity index (χ1v) is 9.93. The molecule has 31 heavy (non-hydrogen) atoms. The van der Waals surface area contributed by atoms with E-state index in [4.69, 9.17) is 0 Å². The predicted octanol–water partition coefficient (Wildman–Crippen LogP) is 4.78. The zero-order valence-electron chi connectivity index (χ0n) is 17.2. The number of amides is 1. The number of nitrogens with one attached hydrogen (secondary N) is 1. The highest BCUT2D eigenvalue weighted by Crippen LogP contribution is 2.22. The minimum absolute atomic E-state index is 0.00458. The maximum Gasteiger partial charge on any atom is 0.225 e. The average Bonchev–Trinajstić information content (AvgIpc) is 3.12. The largest absolute Gasteiger partial charge is 0.311 e. The van der Waals surface area contributed by atoms with Crippen LogP contribution < -0.4 is 5.32 Å². The minimum Gasteiger partial charge on any atom is -0.311 e. The maximum absolute atomic E-state index is 13.0. The van der Waals surface area contributed by atoms with Crippen molar-refractivity contribution in [3.63, 3.8) is 0 Å². The lowest BCUT2D eigenvalue weighted by Gasteiger charge is -2.10. The molecule has 2 heterocycles. The lowest BCUT2D eigenvalue weighted by molar-refractivity contribution is -0.116. The molecule has 2 aromatic heterocycles. The van der Waals surface area contributed by atoms with Crippen LogP contribution in [-0.4, -0.2) is 26.5 Å². The molecule has 0 fully saturated rings. The highest BCUT2D eigenvalue weighted by atomic mass is 19.1. The molecule has 0 unspecified atom stereocenters. The minimum atomic E-state index is -0.407. The van der Waals surface area contributed by atoms with Gasteiger partial charge < -0.3 is 5.32 Å². The van der Waals surface area contributed by atoms with Crippen molar-refractivity contribution in [2.24, 2.45) is 0 Å². The van der Waals surface area contributed by atoms with Crippen LogP contribution in [0.5, 0.6) is 0 Å². The van der Waals surface area contributed by atoms with Crippen LogP contribution in [-0.2, 0) is 4.79 Å². The molecule has 6 nitrogen and oxygen atoms in total. The van der Waals surface area contributed by atoms with E-state index in [1.807, 2.05) is 44.2 Å². The Labute approximate surface area is 178 Å². The molecular weight excluding hydrogens is 395 g/mol. The van der Waals surface area contributed by atoms with Crippen molar-refractivity contribution in [2.45, 2.75) is 26.7 Å². The summed E-state index contributed by atoms with van der Waals surface area (Å²) in [7, 11) is 0. The summed E-state index contributed by atoms with van der Waals surface area (Å²) < 4.78 is 14.6. The van der Waals surface area contributed by atoms with Crippen LogP contribution in [0.2, 0.25) is 0 Å². The van der Waals surface area contributed by atoms with Crippen molar-refractivity contribution >= 4 is 28.4 Å². The Morgan fingerprint density at radius 2 is 1.74 bits per heavy atom. The van der Waals surface area contributed by atoms with Gasteiger partial charge in [0.2, 0.25) is 5.91 Å². The molecule has 2 aromatic carbocycles. The van der Waals surface area contributed by atoms with Crippen molar-refractivity contribution in [1.82, 2.24) is 14.8 Å². The van der Waals surface area contributed by atoms with Crippen LogP contribution in [0.1, 0.15) is 34.5 Å². The predicted molar refractivity (Wildman–Crippen MR) is 117 cm³/mol. The molecule has 0 aliphatic heterocycles. The Balaban J connectivity index is 1.50. The van der Waals surface area contributed by atoms with Crippen molar-refractivity contribution in [1.29, 1.82) is 0 Å². The van der Waals surface area contributed by atoms with E-state index in [1.54, 1.807) is 10.7 Å². The van der Waals surface area contributed by atoms with Gasteiger partial charge in [0.1, 0.15) is 11.6 Å². The molecule has 0 aliphatic carbocycles. The molecule has 0 bridgehead atoms. The lowest BCUT2D eigenvalue weighted by atomic mass is 10.1. The number of aryl methyl sites for hydroxylation is 2. The third-order valence-electron chi connectivity index (χ3n) is 4.97. The van der Waals surface area contributed by atoms with Crippen molar-refractivity contribution in [3.8, 4) is 5.82 Å². The number of fused-ring (bicyclic) bond motifs is 1. The molecule has 0 saturated carbocycles. The molecule has 0 saturated heterocycles. The van der Waals surface area contributed by atoms with E-state index in [0.717, 1.165) is 22.2 Å². The SMILES string of the molecule is Cc1cc(NC(=O)CCC(=O)c2ccc(F)cc2)n(-c2cc(C)c3ccccc3n2)n1. The Morgan fingerprint density at radius 1 is 1.00 bits per heavy atom. The van der Waals surface area contributed by atoms with Crippen LogP contribution in [0.3, 0.4) is 0 Å². The number of benzene rings is 2. The second-order valence-electron chi connectivity index (χ2n) is 7.38. The lowest BCUT2D eigenvalue weighted by Crippen LogP contribution is -2.16. The number of aromatic nitrogens is 3. The fourth-order valence-corrected chi connectivity index (χ4v) is 3.42. The number of para-hydroxylation sites is 1. The topological polar surface area (TPSA) is 76.9 Å². The van der Waals surface area contributed by atoms with E-state index in [1.165, 1.54) is 24.3 Å².